The Morgan fingerprint density at radius 3 is 2.19 bits per heavy atom. The maximum absolute atomic E-state index is 14.0. The molecule has 0 amide bonds. The second-order valence-electron chi connectivity index (χ2n) is 4.75. The van der Waals surface area contributed by atoms with Crippen molar-refractivity contribution in [3.8, 4) is 0 Å². The molecular formula is C17H11BrF2O. The van der Waals surface area contributed by atoms with Crippen LogP contribution in [-0.2, 0) is 0 Å². The van der Waals surface area contributed by atoms with Gasteiger partial charge in [-0.3, -0.25) is 0 Å². The molecule has 0 fully saturated rings. The second kappa shape index (κ2) is 5.54. The number of aliphatic hydroxyl groups is 1. The van der Waals surface area contributed by atoms with Gasteiger partial charge in [-0.15, -0.1) is 0 Å². The first-order valence-corrected chi connectivity index (χ1v) is 7.17. The molecular weight excluding hydrogens is 338 g/mol. The molecule has 1 unspecified atom stereocenters. The molecule has 1 nitrogen and oxygen atoms in total. The molecule has 4 heteroatoms. The van der Waals surface area contributed by atoms with E-state index in [1.165, 1.54) is 24.3 Å². The van der Waals surface area contributed by atoms with Crippen LogP contribution in [-0.4, -0.2) is 5.11 Å². The van der Waals surface area contributed by atoms with Gasteiger partial charge in [0.15, 0.2) is 0 Å². The van der Waals surface area contributed by atoms with E-state index in [9.17, 15) is 13.9 Å². The molecule has 1 N–H and O–H groups in total. The van der Waals surface area contributed by atoms with Gasteiger partial charge >= 0.3 is 0 Å². The molecule has 0 radical (unpaired) electrons. The van der Waals surface area contributed by atoms with Gasteiger partial charge in [0.25, 0.3) is 0 Å². The Kier molecular flexibility index (Phi) is 3.74. The minimum atomic E-state index is -1.15. The van der Waals surface area contributed by atoms with Gasteiger partial charge in [0.1, 0.15) is 17.7 Å². The predicted octanol–water partition coefficient (Wildman–Crippen LogP) is 4.96. The Morgan fingerprint density at radius 1 is 0.810 bits per heavy atom. The summed E-state index contributed by atoms with van der Waals surface area (Å²) < 4.78 is 28.4. The topological polar surface area (TPSA) is 20.2 Å². The van der Waals surface area contributed by atoms with Crippen LogP contribution in [0, 0.1) is 11.6 Å². The maximum atomic E-state index is 14.0. The molecule has 3 aromatic carbocycles. The normalized spacial score (nSPS) is 12.6. The molecule has 3 aromatic rings. The zero-order valence-electron chi connectivity index (χ0n) is 10.9. The number of hydrogen-bond donors (Lipinski definition) is 1. The van der Waals surface area contributed by atoms with Crippen molar-refractivity contribution in [1.82, 2.24) is 0 Å². The van der Waals surface area contributed by atoms with Crippen molar-refractivity contribution in [2.75, 3.05) is 0 Å². The number of fused-ring (bicyclic) bond motifs is 1. The SMILES string of the molecule is OC(c1ccc(Br)cc1F)c1ccc(F)c2ccccc12. The van der Waals surface area contributed by atoms with E-state index < -0.39 is 11.9 Å². The summed E-state index contributed by atoms with van der Waals surface area (Å²) in [5.74, 6) is -0.872. The average molecular weight is 349 g/mol. The molecule has 0 spiro atoms. The zero-order valence-corrected chi connectivity index (χ0v) is 12.4. The minimum Gasteiger partial charge on any atom is -0.384 e. The van der Waals surface area contributed by atoms with Crippen LogP contribution in [0.25, 0.3) is 10.8 Å². The van der Waals surface area contributed by atoms with Crippen LogP contribution < -0.4 is 0 Å². The largest absolute Gasteiger partial charge is 0.384 e. The lowest BCUT2D eigenvalue weighted by atomic mass is 9.95. The third-order valence-corrected chi connectivity index (χ3v) is 3.95. The first-order chi connectivity index (χ1) is 10.1. The number of hydrogen-bond acceptors (Lipinski definition) is 1. The monoisotopic (exact) mass is 348 g/mol. The lowest BCUT2D eigenvalue weighted by Gasteiger charge is -2.15. The van der Waals surface area contributed by atoms with E-state index in [4.69, 9.17) is 0 Å². The van der Waals surface area contributed by atoms with Crippen LogP contribution in [0.1, 0.15) is 17.2 Å². The zero-order chi connectivity index (χ0) is 15.0. The Balaban J connectivity index is 2.18. The fourth-order valence-electron chi connectivity index (χ4n) is 2.41. The second-order valence-corrected chi connectivity index (χ2v) is 5.67. The molecule has 0 aromatic heterocycles. The highest BCUT2D eigenvalue weighted by atomic mass is 79.9. The molecule has 0 bridgehead atoms. The molecule has 0 saturated carbocycles. The van der Waals surface area contributed by atoms with Crippen LogP contribution in [0.5, 0.6) is 0 Å². The van der Waals surface area contributed by atoms with Crippen molar-refractivity contribution in [1.29, 1.82) is 0 Å². The van der Waals surface area contributed by atoms with E-state index in [1.54, 1.807) is 30.3 Å². The summed E-state index contributed by atoms with van der Waals surface area (Å²) in [5.41, 5.74) is 0.642. The summed E-state index contributed by atoms with van der Waals surface area (Å²) >= 11 is 3.18. The van der Waals surface area contributed by atoms with Crippen LogP contribution in [0.3, 0.4) is 0 Å². The maximum Gasteiger partial charge on any atom is 0.131 e. The third-order valence-electron chi connectivity index (χ3n) is 3.46. The standard InChI is InChI=1S/C17H11BrF2O/c18-10-5-6-14(16(20)9-10)17(21)13-7-8-15(19)12-4-2-1-3-11(12)13/h1-9,17,21H. The quantitative estimate of drug-likeness (QED) is 0.693. The van der Waals surface area contributed by atoms with E-state index in [2.05, 4.69) is 15.9 Å². The fraction of sp³-hybridized carbons (Fsp3) is 0.0588. The third kappa shape index (κ3) is 2.57. The molecule has 21 heavy (non-hydrogen) atoms. The van der Waals surface area contributed by atoms with Crippen molar-refractivity contribution in [3.05, 3.63) is 81.8 Å². The van der Waals surface area contributed by atoms with Gasteiger partial charge in [0.2, 0.25) is 0 Å². The lowest BCUT2D eigenvalue weighted by Crippen LogP contribution is -2.04. The number of benzene rings is 3. The van der Waals surface area contributed by atoms with Gasteiger partial charge in [-0.1, -0.05) is 52.3 Å². The molecule has 106 valence electrons. The number of halogens is 3. The first-order valence-electron chi connectivity index (χ1n) is 6.38. The van der Waals surface area contributed by atoms with Crippen LogP contribution in [0.2, 0.25) is 0 Å². The van der Waals surface area contributed by atoms with Crippen molar-refractivity contribution >= 4 is 26.7 Å². The van der Waals surface area contributed by atoms with Crippen molar-refractivity contribution in [2.24, 2.45) is 0 Å². The summed E-state index contributed by atoms with van der Waals surface area (Å²) in [6.07, 6.45) is -1.15. The van der Waals surface area contributed by atoms with Crippen molar-refractivity contribution in [2.45, 2.75) is 6.10 Å². The van der Waals surface area contributed by atoms with Gasteiger partial charge < -0.3 is 5.11 Å². The first kappa shape index (κ1) is 14.2. The summed E-state index contributed by atoms with van der Waals surface area (Å²) in [4.78, 5) is 0. The molecule has 0 aliphatic heterocycles. The molecule has 3 rings (SSSR count). The highest BCUT2D eigenvalue weighted by Crippen LogP contribution is 2.32. The van der Waals surface area contributed by atoms with Crippen LogP contribution >= 0.6 is 15.9 Å². The lowest BCUT2D eigenvalue weighted by molar-refractivity contribution is 0.216. The van der Waals surface area contributed by atoms with Gasteiger partial charge in [-0.2, -0.15) is 0 Å². The van der Waals surface area contributed by atoms with Crippen molar-refractivity contribution in [3.63, 3.8) is 0 Å². The Labute approximate surface area is 129 Å². The summed E-state index contributed by atoms with van der Waals surface area (Å²) in [7, 11) is 0. The Hall–Kier alpha value is -1.78. The van der Waals surface area contributed by atoms with Crippen LogP contribution in [0.4, 0.5) is 8.78 Å². The van der Waals surface area contributed by atoms with E-state index in [0.29, 0.717) is 20.8 Å². The van der Waals surface area contributed by atoms with E-state index in [1.807, 2.05) is 0 Å². The fourth-order valence-corrected chi connectivity index (χ4v) is 2.75. The van der Waals surface area contributed by atoms with E-state index >= 15 is 0 Å². The average Bonchev–Trinajstić information content (AvgIpc) is 2.47. The van der Waals surface area contributed by atoms with Crippen LogP contribution in [0.15, 0.2) is 59.1 Å². The van der Waals surface area contributed by atoms with Gasteiger partial charge in [-0.05, 0) is 29.1 Å². The van der Waals surface area contributed by atoms with Gasteiger partial charge in [0.05, 0.1) is 0 Å². The summed E-state index contributed by atoms with van der Waals surface area (Å²) in [6.45, 7) is 0. The number of aliphatic hydroxyl groups excluding tert-OH is 1. The van der Waals surface area contributed by atoms with E-state index in [0.717, 1.165) is 0 Å². The summed E-state index contributed by atoms with van der Waals surface area (Å²) in [5, 5.41) is 11.5. The highest BCUT2D eigenvalue weighted by Gasteiger charge is 2.18. The molecule has 0 heterocycles. The molecule has 0 saturated heterocycles. The van der Waals surface area contributed by atoms with Crippen molar-refractivity contribution < 1.29 is 13.9 Å². The number of rotatable bonds is 2. The van der Waals surface area contributed by atoms with E-state index in [-0.39, 0.29) is 11.4 Å². The molecule has 0 aliphatic rings. The smallest absolute Gasteiger partial charge is 0.131 e. The van der Waals surface area contributed by atoms with Gasteiger partial charge in [0, 0.05) is 15.4 Å². The Bertz CT molecular complexity index is 817. The highest BCUT2D eigenvalue weighted by molar-refractivity contribution is 9.10. The minimum absolute atomic E-state index is 0.162. The summed E-state index contributed by atoms with van der Waals surface area (Å²) in [6, 6.07) is 14.1. The molecule has 1 atom stereocenters. The molecule has 0 aliphatic carbocycles. The predicted molar refractivity (Wildman–Crippen MR) is 82.1 cm³/mol. The Morgan fingerprint density at radius 2 is 1.48 bits per heavy atom. The van der Waals surface area contributed by atoms with Gasteiger partial charge in [-0.25, -0.2) is 8.78 Å².